The van der Waals surface area contributed by atoms with E-state index in [1.807, 2.05) is 10.7 Å². The molecule has 2 aromatic carbocycles. The van der Waals surface area contributed by atoms with Crippen LogP contribution in [-0.2, 0) is 13.0 Å². The van der Waals surface area contributed by atoms with Crippen LogP contribution in [0.3, 0.4) is 0 Å². The first-order chi connectivity index (χ1) is 17.1. The second-order valence-corrected chi connectivity index (χ2v) is 9.67. The Kier molecular flexibility index (Phi) is 5.42. The zero-order valence-corrected chi connectivity index (χ0v) is 20.0. The van der Waals surface area contributed by atoms with Crippen molar-refractivity contribution < 1.29 is 0 Å². The molecule has 0 radical (unpaired) electrons. The summed E-state index contributed by atoms with van der Waals surface area (Å²) in [6, 6.07) is 14.7. The molecule has 0 saturated carbocycles. The third-order valence-electron chi connectivity index (χ3n) is 7.04. The van der Waals surface area contributed by atoms with E-state index in [9.17, 15) is 5.26 Å². The molecule has 35 heavy (non-hydrogen) atoms. The van der Waals surface area contributed by atoms with Crippen molar-refractivity contribution >= 4 is 34.1 Å². The summed E-state index contributed by atoms with van der Waals surface area (Å²) in [5.41, 5.74) is 12.5. The molecule has 0 aliphatic carbocycles. The number of rotatable bonds is 4. The van der Waals surface area contributed by atoms with Gasteiger partial charge >= 0.3 is 0 Å². The standard InChI is InChI=1S/C26H25ClN8/c27-20-8-7-18-9-11-34(22(18)12-20)13-17-3-5-19(6-4-17)24-23-25(29)30-16-31-26(23)35(32-24)21-2-1-10-33(14-21)15-28/h3-8,12,16,21H,1-2,9-11,13-14H2,(H2,29,30,31). The lowest BCUT2D eigenvalue weighted by Gasteiger charge is -2.28. The molecular weight excluding hydrogens is 460 g/mol. The number of hydrogen-bond acceptors (Lipinski definition) is 7. The predicted octanol–water partition coefficient (Wildman–Crippen LogP) is 4.41. The van der Waals surface area contributed by atoms with E-state index in [4.69, 9.17) is 22.4 Å². The van der Waals surface area contributed by atoms with Crippen LogP contribution >= 0.6 is 11.6 Å². The van der Waals surface area contributed by atoms with E-state index in [0.717, 1.165) is 60.6 Å². The maximum atomic E-state index is 9.38. The number of nitrogens with two attached hydrogens (primary N) is 1. The van der Waals surface area contributed by atoms with E-state index in [-0.39, 0.29) is 6.04 Å². The Labute approximate surface area is 208 Å². The van der Waals surface area contributed by atoms with Gasteiger partial charge in [-0.05, 0) is 42.5 Å². The summed E-state index contributed by atoms with van der Waals surface area (Å²) in [6.45, 7) is 3.21. The molecule has 1 atom stereocenters. The maximum Gasteiger partial charge on any atom is 0.179 e. The van der Waals surface area contributed by atoms with Gasteiger partial charge < -0.3 is 15.5 Å². The summed E-state index contributed by atoms with van der Waals surface area (Å²) in [5.74, 6) is 0.416. The van der Waals surface area contributed by atoms with Crippen molar-refractivity contribution in [3.05, 3.63) is 64.9 Å². The molecule has 6 rings (SSSR count). The van der Waals surface area contributed by atoms with Crippen LogP contribution in [0.25, 0.3) is 22.3 Å². The van der Waals surface area contributed by atoms with Crippen molar-refractivity contribution in [2.75, 3.05) is 30.3 Å². The topological polar surface area (TPSA) is 99.9 Å². The molecule has 0 bridgehead atoms. The molecular formula is C26H25ClN8. The van der Waals surface area contributed by atoms with Crippen LogP contribution in [0, 0.1) is 11.5 Å². The van der Waals surface area contributed by atoms with Crippen LogP contribution < -0.4 is 10.6 Å². The number of nitriles is 1. The first kappa shape index (κ1) is 21.7. The molecule has 0 amide bonds. The van der Waals surface area contributed by atoms with Gasteiger partial charge in [0.05, 0.1) is 18.0 Å². The van der Waals surface area contributed by atoms with E-state index in [2.05, 4.69) is 57.5 Å². The molecule has 1 fully saturated rings. The van der Waals surface area contributed by atoms with Gasteiger partial charge in [-0.2, -0.15) is 10.4 Å². The van der Waals surface area contributed by atoms with Crippen molar-refractivity contribution in [3.63, 3.8) is 0 Å². The van der Waals surface area contributed by atoms with Crippen molar-refractivity contribution in [1.29, 1.82) is 5.26 Å². The van der Waals surface area contributed by atoms with Gasteiger partial charge in [0.2, 0.25) is 0 Å². The second-order valence-electron chi connectivity index (χ2n) is 9.23. The number of likely N-dealkylation sites (tertiary alicyclic amines) is 1. The fraction of sp³-hybridized carbons (Fsp3) is 0.308. The van der Waals surface area contributed by atoms with E-state index >= 15 is 0 Å². The summed E-state index contributed by atoms with van der Waals surface area (Å²) >= 11 is 6.24. The van der Waals surface area contributed by atoms with Crippen LogP contribution in [0.2, 0.25) is 5.02 Å². The number of benzene rings is 2. The Bertz CT molecular complexity index is 1440. The van der Waals surface area contributed by atoms with E-state index in [1.165, 1.54) is 23.1 Å². The summed E-state index contributed by atoms with van der Waals surface area (Å²) < 4.78 is 1.94. The van der Waals surface area contributed by atoms with Crippen LogP contribution in [0.15, 0.2) is 48.8 Å². The Hall–Kier alpha value is -3.83. The molecule has 8 nitrogen and oxygen atoms in total. The summed E-state index contributed by atoms with van der Waals surface area (Å²) in [5, 5.41) is 15.9. The molecule has 2 aliphatic rings. The lowest BCUT2D eigenvalue weighted by atomic mass is 10.1. The quantitative estimate of drug-likeness (QED) is 0.428. The summed E-state index contributed by atoms with van der Waals surface area (Å²) in [4.78, 5) is 12.9. The molecule has 9 heteroatoms. The summed E-state index contributed by atoms with van der Waals surface area (Å²) in [6.07, 6.45) is 6.67. The van der Waals surface area contributed by atoms with Crippen molar-refractivity contribution in [2.45, 2.75) is 31.8 Å². The largest absolute Gasteiger partial charge is 0.383 e. The van der Waals surface area contributed by atoms with Gasteiger partial charge in [-0.15, -0.1) is 0 Å². The van der Waals surface area contributed by atoms with Crippen molar-refractivity contribution in [3.8, 4) is 17.5 Å². The highest BCUT2D eigenvalue weighted by Gasteiger charge is 2.26. The number of nitrogens with zero attached hydrogens (tertiary/aromatic N) is 7. The van der Waals surface area contributed by atoms with Gasteiger partial charge in [0.1, 0.15) is 17.8 Å². The van der Waals surface area contributed by atoms with Crippen molar-refractivity contribution in [1.82, 2.24) is 24.6 Å². The molecule has 4 aromatic rings. The minimum Gasteiger partial charge on any atom is -0.383 e. The Morgan fingerprint density at radius 2 is 1.97 bits per heavy atom. The van der Waals surface area contributed by atoms with Crippen molar-refractivity contribution in [2.24, 2.45) is 0 Å². The minimum atomic E-state index is 0.0651. The molecule has 2 aliphatic heterocycles. The van der Waals surface area contributed by atoms with Gasteiger partial charge in [0.25, 0.3) is 0 Å². The van der Waals surface area contributed by atoms with Crippen LogP contribution in [0.1, 0.15) is 30.0 Å². The average Bonchev–Trinajstić information content (AvgIpc) is 3.47. The van der Waals surface area contributed by atoms with E-state index in [0.29, 0.717) is 18.0 Å². The minimum absolute atomic E-state index is 0.0651. The smallest absolute Gasteiger partial charge is 0.179 e. The van der Waals surface area contributed by atoms with Gasteiger partial charge in [0.15, 0.2) is 11.8 Å². The molecule has 2 N–H and O–H groups in total. The molecule has 1 saturated heterocycles. The molecule has 2 aromatic heterocycles. The molecule has 1 unspecified atom stereocenters. The SMILES string of the molecule is N#CN1CCCC(n2nc(-c3ccc(CN4CCc5ccc(Cl)cc54)cc3)c3c(N)ncnc32)C1. The normalized spacial score (nSPS) is 17.5. The fourth-order valence-electron chi connectivity index (χ4n) is 5.27. The third kappa shape index (κ3) is 3.92. The Morgan fingerprint density at radius 3 is 2.80 bits per heavy atom. The first-order valence-electron chi connectivity index (χ1n) is 11.9. The highest BCUT2D eigenvalue weighted by Crippen LogP contribution is 2.35. The lowest BCUT2D eigenvalue weighted by molar-refractivity contribution is 0.236. The lowest BCUT2D eigenvalue weighted by Crippen LogP contribution is -2.33. The highest BCUT2D eigenvalue weighted by molar-refractivity contribution is 6.30. The van der Waals surface area contributed by atoms with Gasteiger partial charge in [-0.1, -0.05) is 41.9 Å². The van der Waals surface area contributed by atoms with Gasteiger partial charge in [0, 0.05) is 35.9 Å². The monoisotopic (exact) mass is 484 g/mol. The van der Waals surface area contributed by atoms with Crippen LogP contribution in [0.4, 0.5) is 11.5 Å². The Balaban J connectivity index is 1.31. The second kappa shape index (κ2) is 8.75. The zero-order valence-electron chi connectivity index (χ0n) is 19.2. The third-order valence-corrected chi connectivity index (χ3v) is 7.28. The fourth-order valence-corrected chi connectivity index (χ4v) is 5.43. The highest BCUT2D eigenvalue weighted by atomic mass is 35.5. The number of nitrogen functional groups attached to an aromatic ring is 1. The average molecular weight is 485 g/mol. The first-order valence-corrected chi connectivity index (χ1v) is 12.2. The van der Waals surface area contributed by atoms with E-state index in [1.54, 1.807) is 4.90 Å². The molecule has 0 spiro atoms. The number of fused-ring (bicyclic) bond motifs is 2. The van der Waals surface area contributed by atoms with Crippen LogP contribution in [-0.4, -0.2) is 44.3 Å². The Morgan fingerprint density at radius 1 is 1.11 bits per heavy atom. The summed E-state index contributed by atoms with van der Waals surface area (Å²) in [7, 11) is 0. The molecule has 4 heterocycles. The maximum absolute atomic E-state index is 9.38. The number of piperidine rings is 1. The number of anilines is 2. The predicted molar refractivity (Wildman–Crippen MR) is 137 cm³/mol. The number of halogens is 1. The number of hydrogen-bond donors (Lipinski definition) is 1. The van der Waals surface area contributed by atoms with Crippen LogP contribution in [0.5, 0.6) is 0 Å². The zero-order chi connectivity index (χ0) is 23.9. The van der Waals surface area contributed by atoms with E-state index < -0.39 is 0 Å². The van der Waals surface area contributed by atoms with Gasteiger partial charge in [-0.3, -0.25) is 0 Å². The number of aromatic nitrogens is 4. The van der Waals surface area contributed by atoms with Gasteiger partial charge in [-0.25, -0.2) is 14.6 Å². The molecule has 176 valence electrons.